The molecule has 5 nitrogen and oxygen atoms in total. The maximum atomic E-state index is 13.4. The molecule has 144 valence electrons. The predicted molar refractivity (Wildman–Crippen MR) is 103 cm³/mol. The van der Waals surface area contributed by atoms with Crippen molar-refractivity contribution >= 4 is 16.8 Å². The summed E-state index contributed by atoms with van der Waals surface area (Å²) >= 11 is 0. The van der Waals surface area contributed by atoms with Crippen LogP contribution in [0.1, 0.15) is 41.6 Å². The van der Waals surface area contributed by atoms with Crippen molar-refractivity contribution in [3.05, 3.63) is 65.1 Å². The fourth-order valence-electron chi connectivity index (χ4n) is 4.49. The van der Waals surface area contributed by atoms with Crippen molar-refractivity contribution in [3.63, 3.8) is 0 Å². The SMILES string of the molecule is O=C(CN1CCC(c2noc3cc(F)ccc23)CC1)C1NCc2ccccc21. The Labute approximate surface area is 162 Å². The zero-order valence-electron chi connectivity index (χ0n) is 15.5. The highest BCUT2D eigenvalue weighted by Crippen LogP contribution is 2.33. The van der Waals surface area contributed by atoms with Gasteiger partial charge >= 0.3 is 0 Å². The molecule has 2 aliphatic heterocycles. The van der Waals surface area contributed by atoms with Gasteiger partial charge in [-0.3, -0.25) is 15.0 Å². The Balaban J connectivity index is 1.22. The van der Waals surface area contributed by atoms with Gasteiger partial charge in [-0.15, -0.1) is 0 Å². The molecule has 1 saturated heterocycles. The Bertz CT molecular complexity index is 1020. The van der Waals surface area contributed by atoms with Crippen LogP contribution in [0.5, 0.6) is 0 Å². The quantitative estimate of drug-likeness (QED) is 0.751. The molecule has 3 heterocycles. The van der Waals surface area contributed by atoms with Crippen LogP contribution < -0.4 is 5.32 Å². The standard InChI is InChI=1S/C22H22FN3O2/c23-16-5-6-18-20(11-16)28-25-21(18)14-7-9-26(10-8-14)13-19(27)22-17-4-2-1-3-15(17)12-24-22/h1-6,11,14,22,24H,7-10,12-13H2. The third-order valence-electron chi connectivity index (χ3n) is 6.00. The van der Waals surface area contributed by atoms with Crippen LogP contribution in [0, 0.1) is 5.82 Å². The average Bonchev–Trinajstić information content (AvgIpc) is 3.32. The van der Waals surface area contributed by atoms with Gasteiger partial charge < -0.3 is 4.52 Å². The summed E-state index contributed by atoms with van der Waals surface area (Å²) in [6.45, 7) is 2.92. The number of Topliss-reactive ketones (excluding diaryl/α,β-unsaturated/α-hetero) is 1. The second-order valence-corrected chi connectivity index (χ2v) is 7.74. The third-order valence-corrected chi connectivity index (χ3v) is 6.00. The highest BCUT2D eigenvalue weighted by molar-refractivity contribution is 5.88. The fraction of sp³-hybridized carbons (Fsp3) is 0.364. The van der Waals surface area contributed by atoms with Crippen LogP contribution in [0.25, 0.3) is 11.0 Å². The van der Waals surface area contributed by atoms with Gasteiger partial charge in [0, 0.05) is 23.9 Å². The van der Waals surface area contributed by atoms with Crippen molar-refractivity contribution in [2.45, 2.75) is 31.3 Å². The van der Waals surface area contributed by atoms with E-state index < -0.39 is 0 Å². The van der Waals surface area contributed by atoms with Gasteiger partial charge in [0.1, 0.15) is 5.82 Å². The molecule has 0 bridgehead atoms. The van der Waals surface area contributed by atoms with Crippen molar-refractivity contribution in [3.8, 4) is 0 Å². The van der Waals surface area contributed by atoms with Crippen LogP contribution in [0.2, 0.25) is 0 Å². The van der Waals surface area contributed by atoms with E-state index in [-0.39, 0.29) is 23.6 Å². The number of likely N-dealkylation sites (tertiary alicyclic amines) is 1. The number of nitrogens with zero attached hydrogens (tertiary/aromatic N) is 2. The number of halogens is 1. The summed E-state index contributed by atoms with van der Waals surface area (Å²) in [5, 5.41) is 8.43. The smallest absolute Gasteiger partial charge is 0.170 e. The minimum atomic E-state index is -0.314. The monoisotopic (exact) mass is 379 g/mol. The normalized spacial score (nSPS) is 20.5. The van der Waals surface area contributed by atoms with E-state index in [0.717, 1.165) is 49.1 Å². The Morgan fingerprint density at radius 3 is 2.89 bits per heavy atom. The summed E-state index contributed by atoms with van der Waals surface area (Å²) in [5.41, 5.74) is 3.74. The van der Waals surface area contributed by atoms with Crippen LogP contribution in [-0.4, -0.2) is 35.5 Å². The number of benzene rings is 2. The lowest BCUT2D eigenvalue weighted by Crippen LogP contribution is -2.39. The first-order valence-electron chi connectivity index (χ1n) is 9.80. The van der Waals surface area contributed by atoms with E-state index in [9.17, 15) is 9.18 Å². The lowest BCUT2D eigenvalue weighted by Gasteiger charge is -2.31. The van der Waals surface area contributed by atoms with E-state index in [0.29, 0.717) is 12.1 Å². The summed E-state index contributed by atoms with van der Waals surface area (Å²) in [6.07, 6.45) is 1.84. The number of ketones is 1. The Morgan fingerprint density at radius 2 is 2.04 bits per heavy atom. The number of carbonyl (C=O) groups is 1. The van der Waals surface area contributed by atoms with Crippen LogP contribution in [0.15, 0.2) is 47.0 Å². The molecule has 0 radical (unpaired) electrons. The number of nitrogens with one attached hydrogen (secondary N) is 1. The Hall–Kier alpha value is -2.57. The summed E-state index contributed by atoms with van der Waals surface area (Å²) in [6, 6.07) is 12.5. The van der Waals surface area contributed by atoms with Crippen LogP contribution in [0.3, 0.4) is 0 Å². The minimum absolute atomic E-state index is 0.191. The molecule has 6 heteroatoms. The topological polar surface area (TPSA) is 58.4 Å². The molecule has 1 aromatic heterocycles. The first-order chi connectivity index (χ1) is 13.7. The van der Waals surface area contributed by atoms with Crippen molar-refractivity contribution < 1.29 is 13.7 Å². The molecule has 1 unspecified atom stereocenters. The van der Waals surface area contributed by atoms with E-state index in [1.165, 1.54) is 17.7 Å². The van der Waals surface area contributed by atoms with E-state index in [4.69, 9.17) is 4.52 Å². The first-order valence-corrected chi connectivity index (χ1v) is 9.80. The number of carbonyl (C=O) groups excluding carboxylic acids is 1. The number of rotatable bonds is 4. The minimum Gasteiger partial charge on any atom is -0.356 e. The van der Waals surface area contributed by atoms with E-state index in [2.05, 4.69) is 21.4 Å². The largest absolute Gasteiger partial charge is 0.356 e. The highest BCUT2D eigenvalue weighted by Gasteiger charge is 2.31. The van der Waals surface area contributed by atoms with Gasteiger partial charge in [-0.25, -0.2) is 4.39 Å². The maximum Gasteiger partial charge on any atom is 0.170 e. The molecule has 5 rings (SSSR count). The summed E-state index contributed by atoms with van der Waals surface area (Å²) in [4.78, 5) is 15.1. The van der Waals surface area contributed by atoms with Gasteiger partial charge in [-0.1, -0.05) is 29.4 Å². The van der Waals surface area contributed by atoms with Gasteiger partial charge in [-0.05, 0) is 49.2 Å². The molecule has 0 amide bonds. The average molecular weight is 379 g/mol. The third kappa shape index (κ3) is 3.12. The highest BCUT2D eigenvalue weighted by atomic mass is 19.1. The second-order valence-electron chi connectivity index (χ2n) is 7.74. The molecule has 3 aromatic rings. The summed E-state index contributed by atoms with van der Waals surface area (Å²) < 4.78 is 18.7. The molecule has 2 aliphatic rings. The van der Waals surface area contributed by atoms with Gasteiger partial charge in [0.15, 0.2) is 11.4 Å². The maximum absolute atomic E-state index is 13.4. The van der Waals surface area contributed by atoms with Gasteiger partial charge in [0.25, 0.3) is 0 Å². The van der Waals surface area contributed by atoms with E-state index in [1.54, 1.807) is 6.07 Å². The van der Waals surface area contributed by atoms with Crippen molar-refractivity contribution in [2.75, 3.05) is 19.6 Å². The molecule has 1 N–H and O–H groups in total. The second kappa shape index (κ2) is 7.11. The molecule has 1 atom stereocenters. The molecular weight excluding hydrogens is 357 g/mol. The van der Waals surface area contributed by atoms with Gasteiger partial charge in [0.05, 0.1) is 18.3 Å². The number of hydrogen-bond acceptors (Lipinski definition) is 5. The lowest BCUT2D eigenvalue weighted by molar-refractivity contribution is -0.122. The van der Waals surface area contributed by atoms with Crippen molar-refractivity contribution in [2.24, 2.45) is 0 Å². The van der Waals surface area contributed by atoms with Gasteiger partial charge in [-0.2, -0.15) is 0 Å². The van der Waals surface area contributed by atoms with Crippen molar-refractivity contribution in [1.29, 1.82) is 0 Å². The molecular formula is C22H22FN3O2. The zero-order chi connectivity index (χ0) is 19.1. The predicted octanol–water partition coefficient (Wildman–Crippen LogP) is 3.56. The van der Waals surface area contributed by atoms with E-state index in [1.807, 2.05) is 18.2 Å². The Kier molecular flexibility index (Phi) is 4.45. The lowest BCUT2D eigenvalue weighted by atomic mass is 9.91. The molecule has 0 spiro atoms. The van der Waals surface area contributed by atoms with Crippen LogP contribution in [0.4, 0.5) is 4.39 Å². The molecule has 1 fully saturated rings. The van der Waals surface area contributed by atoms with Crippen molar-refractivity contribution in [1.82, 2.24) is 15.4 Å². The molecule has 28 heavy (non-hydrogen) atoms. The van der Waals surface area contributed by atoms with Gasteiger partial charge in [0.2, 0.25) is 0 Å². The zero-order valence-corrected chi connectivity index (χ0v) is 15.5. The molecule has 2 aromatic carbocycles. The molecule has 0 saturated carbocycles. The number of aromatic nitrogens is 1. The first kappa shape index (κ1) is 17.5. The van der Waals surface area contributed by atoms with Crippen LogP contribution in [-0.2, 0) is 11.3 Å². The van der Waals surface area contributed by atoms with Crippen LogP contribution >= 0.6 is 0 Å². The molecule has 0 aliphatic carbocycles. The summed E-state index contributed by atoms with van der Waals surface area (Å²) in [7, 11) is 0. The number of piperidine rings is 1. The van der Waals surface area contributed by atoms with E-state index >= 15 is 0 Å². The number of fused-ring (bicyclic) bond motifs is 2. The Morgan fingerprint density at radius 1 is 1.21 bits per heavy atom. The summed E-state index contributed by atoms with van der Waals surface area (Å²) in [5.74, 6) is 0.194. The number of hydrogen-bond donors (Lipinski definition) is 1. The fourth-order valence-corrected chi connectivity index (χ4v) is 4.49.